The molecule has 440 valence electrons. The fourth-order valence-electron chi connectivity index (χ4n) is 10.0. The lowest BCUT2D eigenvalue weighted by Gasteiger charge is -2.38. The SMILES string of the molecule is CC[C@H](C)[C@H](NC(=O)C1CCCCN1C)C(=O)N(C)[C@H](C[C@@H](OC(C)=O)c1nc(C(=O)N[C@@H](CSc2ccccc2)C(=O)N[C@H](CCCCN)C(=O)N[C@@H](Cc2ccccc2)C(=O)N2CCN(C(=O)CCCS)CC2)cs1)C(C)C. The van der Waals surface area contributed by atoms with Crippen LogP contribution in [0, 0.1) is 11.8 Å². The molecule has 2 fully saturated rings. The van der Waals surface area contributed by atoms with Gasteiger partial charge < -0.3 is 46.4 Å². The summed E-state index contributed by atoms with van der Waals surface area (Å²) in [6.45, 7) is 11.6. The molecular formula is C58H86N10O9S3. The van der Waals surface area contributed by atoms with Crippen LogP contribution in [-0.2, 0) is 44.7 Å². The number of nitrogens with two attached hydrogens (primary N) is 1. The maximum atomic E-state index is 14.6. The molecule has 2 aromatic carbocycles. The third kappa shape index (κ3) is 19.9. The van der Waals surface area contributed by atoms with Crippen LogP contribution in [-0.4, -0.2) is 173 Å². The van der Waals surface area contributed by atoms with E-state index in [2.05, 4.69) is 38.9 Å². The van der Waals surface area contributed by atoms with Gasteiger partial charge in [0.05, 0.1) is 6.04 Å². The molecule has 5 rings (SSSR count). The second-order valence-electron chi connectivity index (χ2n) is 21.3. The Morgan fingerprint density at radius 2 is 1.49 bits per heavy atom. The predicted molar refractivity (Wildman–Crippen MR) is 316 cm³/mol. The highest BCUT2D eigenvalue weighted by Crippen LogP contribution is 2.31. The number of piperidine rings is 1. The molecule has 22 heteroatoms. The molecule has 7 amide bonds. The van der Waals surface area contributed by atoms with E-state index in [0.29, 0.717) is 82.0 Å². The van der Waals surface area contributed by atoms with Crippen molar-refractivity contribution in [2.24, 2.45) is 17.6 Å². The van der Waals surface area contributed by atoms with E-state index >= 15 is 0 Å². The fourth-order valence-corrected chi connectivity index (χ4v) is 12.0. The van der Waals surface area contributed by atoms with E-state index in [4.69, 9.17) is 10.5 Å². The maximum Gasteiger partial charge on any atom is 0.303 e. The van der Waals surface area contributed by atoms with Gasteiger partial charge in [-0.05, 0) is 93.9 Å². The molecule has 6 N–H and O–H groups in total. The van der Waals surface area contributed by atoms with Crippen LogP contribution in [0.2, 0.25) is 0 Å². The highest BCUT2D eigenvalue weighted by atomic mass is 32.2. The number of likely N-dealkylation sites (tertiary alicyclic amines) is 1. The van der Waals surface area contributed by atoms with Crippen LogP contribution in [0.25, 0.3) is 0 Å². The highest BCUT2D eigenvalue weighted by Gasteiger charge is 2.38. The number of carbonyl (C=O) groups excluding carboxylic acids is 8. The first-order chi connectivity index (χ1) is 38.3. The Bertz CT molecular complexity index is 2480. The van der Waals surface area contributed by atoms with Gasteiger partial charge in [0.25, 0.3) is 5.91 Å². The number of likely N-dealkylation sites (N-methyl/N-ethyl adjacent to an activating group) is 2. The summed E-state index contributed by atoms with van der Waals surface area (Å²) >= 11 is 6.66. The molecule has 0 aliphatic carbocycles. The summed E-state index contributed by atoms with van der Waals surface area (Å²) in [6.07, 6.45) is 4.94. The fraction of sp³-hybridized carbons (Fsp3) is 0.603. The molecule has 0 spiro atoms. The summed E-state index contributed by atoms with van der Waals surface area (Å²) in [5.74, 6) is -2.86. The van der Waals surface area contributed by atoms with E-state index in [1.165, 1.54) is 24.1 Å². The number of esters is 1. The van der Waals surface area contributed by atoms with E-state index in [1.807, 2.05) is 100 Å². The number of benzene rings is 2. The van der Waals surface area contributed by atoms with E-state index in [1.54, 1.807) is 21.7 Å². The first-order valence-electron chi connectivity index (χ1n) is 28.3. The maximum absolute atomic E-state index is 14.6. The van der Waals surface area contributed by atoms with Crippen molar-refractivity contribution >= 4 is 83.0 Å². The summed E-state index contributed by atoms with van der Waals surface area (Å²) < 4.78 is 5.88. The number of thioether (sulfide) groups is 1. The Morgan fingerprint density at radius 1 is 0.838 bits per heavy atom. The van der Waals surface area contributed by atoms with Crippen LogP contribution in [0.5, 0.6) is 0 Å². The number of amides is 7. The molecule has 80 heavy (non-hydrogen) atoms. The van der Waals surface area contributed by atoms with Gasteiger partial charge in [0.1, 0.15) is 34.9 Å². The third-order valence-corrected chi connectivity index (χ3v) is 17.4. The smallest absolute Gasteiger partial charge is 0.303 e. The molecule has 0 saturated carbocycles. The molecule has 2 aliphatic rings. The first-order valence-corrected chi connectivity index (χ1v) is 30.8. The molecule has 1 unspecified atom stereocenters. The van der Waals surface area contributed by atoms with Gasteiger partial charge in [0.2, 0.25) is 35.4 Å². The second-order valence-corrected chi connectivity index (χ2v) is 23.7. The van der Waals surface area contributed by atoms with E-state index in [-0.39, 0.29) is 72.2 Å². The van der Waals surface area contributed by atoms with Gasteiger partial charge in [-0.1, -0.05) is 89.1 Å². The van der Waals surface area contributed by atoms with Crippen LogP contribution in [0.15, 0.2) is 70.9 Å². The number of thiol groups is 1. The number of nitrogens with zero attached hydrogens (tertiary/aromatic N) is 5. The molecule has 3 aromatic rings. The number of unbranched alkanes of at least 4 members (excludes halogenated alkanes) is 1. The number of thiazole rings is 1. The number of nitrogens with one attached hydrogen (secondary N) is 4. The van der Waals surface area contributed by atoms with E-state index in [0.717, 1.165) is 41.2 Å². The van der Waals surface area contributed by atoms with Crippen LogP contribution in [0.1, 0.15) is 126 Å². The highest BCUT2D eigenvalue weighted by molar-refractivity contribution is 7.99. The summed E-state index contributed by atoms with van der Waals surface area (Å²) in [5.41, 5.74) is 6.66. The van der Waals surface area contributed by atoms with Crippen LogP contribution in [0.4, 0.5) is 0 Å². The topological polar surface area (TPSA) is 246 Å². The van der Waals surface area contributed by atoms with Crippen molar-refractivity contribution in [1.29, 1.82) is 0 Å². The third-order valence-electron chi connectivity index (χ3n) is 15.0. The minimum absolute atomic E-state index is 0.0138. The number of rotatable bonds is 30. The monoisotopic (exact) mass is 1160 g/mol. The molecule has 8 atom stereocenters. The van der Waals surface area contributed by atoms with Gasteiger partial charge >= 0.3 is 5.97 Å². The number of piperazine rings is 1. The van der Waals surface area contributed by atoms with Crippen LogP contribution in [0.3, 0.4) is 0 Å². The lowest BCUT2D eigenvalue weighted by molar-refractivity contribution is -0.149. The van der Waals surface area contributed by atoms with Crippen LogP contribution >= 0.6 is 35.7 Å². The zero-order valence-electron chi connectivity index (χ0n) is 47.7. The number of aromatic nitrogens is 1. The zero-order valence-corrected chi connectivity index (χ0v) is 50.3. The Labute approximate surface area is 486 Å². The average Bonchev–Trinajstić information content (AvgIpc) is 3.99. The van der Waals surface area contributed by atoms with Crippen molar-refractivity contribution < 1.29 is 43.1 Å². The van der Waals surface area contributed by atoms with Crippen molar-refractivity contribution in [3.63, 3.8) is 0 Å². The quantitative estimate of drug-likeness (QED) is 0.0217. The Kier molecular flexibility index (Phi) is 27.2. The molecule has 2 aliphatic heterocycles. The average molecular weight is 1160 g/mol. The van der Waals surface area contributed by atoms with Crippen LogP contribution < -0.4 is 27.0 Å². The molecule has 3 heterocycles. The van der Waals surface area contributed by atoms with Gasteiger partial charge in [-0.15, -0.1) is 23.1 Å². The number of hydrogen-bond donors (Lipinski definition) is 6. The van der Waals surface area contributed by atoms with Gasteiger partial charge in [-0.3, -0.25) is 43.3 Å². The van der Waals surface area contributed by atoms with Crippen molar-refractivity contribution in [3.8, 4) is 0 Å². The molecule has 19 nitrogen and oxygen atoms in total. The molecule has 1 aromatic heterocycles. The molecule has 2 saturated heterocycles. The Hall–Kier alpha value is -5.55. The molecule has 0 bridgehead atoms. The summed E-state index contributed by atoms with van der Waals surface area (Å²) in [4.78, 5) is 124. The van der Waals surface area contributed by atoms with Gasteiger partial charge in [0.15, 0.2) is 6.10 Å². The second kappa shape index (κ2) is 33.4. The standard InChI is InChI=1S/C58H86N10O9S3/c1-8-39(4)51(64-55(74)47-25-16-18-28-65(47)6)58(76)66(7)48(38(2)3)35-49(77-40(5)69)56-63-46(37-80-56)54(73)62-45(36-79-42-22-13-10-14-23-42)53(72)60-43(24-15-17-27-59)52(71)61-44(34-41-20-11-9-12-21-41)57(75)68-31-29-67(30-32-68)50(70)26-19-33-78/h9-14,20-23,37-39,43-45,47-49,51,78H,8,15-19,24-36,59H2,1-7H3,(H,60,72)(H,61,71)(H,62,73)(H,64,74)/t39-,43+,44-,45-,47?,48+,49+,51-/m0/s1. The minimum atomic E-state index is -1.19. The van der Waals surface area contributed by atoms with Gasteiger partial charge in [-0.25, -0.2) is 4.98 Å². The summed E-state index contributed by atoms with van der Waals surface area (Å²) in [6, 6.07) is 13.8. The van der Waals surface area contributed by atoms with Crippen molar-refractivity contribution in [3.05, 3.63) is 82.3 Å². The Morgan fingerprint density at radius 3 is 2.11 bits per heavy atom. The summed E-state index contributed by atoms with van der Waals surface area (Å²) in [7, 11) is 3.62. The minimum Gasteiger partial charge on any atom is -0.455 e. The lowest BCUT2D eigenvalue weighted by Crippen LogP contribution is -2.59. The number of carbonyl (C=O) groups is 8. The molecule has 0 radical (unpaired) electrons. The van der Waals surface area contributed by atoms with Crippen molar-refractivity contribution in [2.75, 3.05) is 64.9 Å². The van der Waals surface area contributed by atoms with Gasteiger partial charge in [-0.2, -0.15) is 12.6 Å². The van der Waals surface area contributed by atoms with Gasteiger partial charge in [0, 0.05) is 81.5 Å². The largest absolute Gasteiger partial charge is 0.455 e. The predicted octanol–water partition coefficient (Wildman–Crippen LogP) is 5.25. The number of ether oxygens (including phenoxy) is 1. The van der Waals surface area contributed by atoms with E-state index < -0.39 is 60.0 Å². The lowest BCUT2D eigenvalue weighted by atomic mass is 9.92. The normalized spacial score (nSPS) is 17.4. The van der Waals surface area contributed by atoms with Crippen molar-refractivity contribution in [1.82, 2.24) is 45.9 Å². The molecular weight excluding hydrogens is 1080 g/mol. The van der Waals surface area contributed by atoms with Crippen molar-refractivity contribution in [2.45, 2.75) is 152 Å². The van der Waals surface area contributed by atoms with E-state index in [9.17, 15) is 38.4 Å². The number of hydrogen-bond acceptors (Lipinski definition) is 15. The Balaban J connectivity index is 1.35. The zero-order chi connectivity index (χ0) is 58.3. The first kappa shape index (κ1) is 65.3. The summed E-state index contributed by atoms with van der Waals surface area (Å²) in [5, 5.41) is 13.7.